The van der Waals surface area contributed by atoms with E-state index in [0.717, 1.165) is 55.6 Å². The Kier molecular flexibility index (Phi) is 4.58. The summed E-state index contributed by atoms with van der Waals surface area (Å²) in [6, 6.07) is 6.07. The zero-order valence-corrected chi connectivity index (χ0v) is 16.9. The van der Waals surface area contributed by atoms with Crippen molar-refractivity contribution in [1.82, 2.24) is 24.6 Å². The van der Waals surface area contributed by atoms with E-state index in [1.807, 2.05) is 32.0 Å². The molecule has 1 saturated carbocycles. The number of nitrogens with zero attached hydrogens (tertiary/aromatic N) is 6. The molecule has 0 radical (unpaired) electrons. The van der Waals surface area contributed by atoms with E-state index in [0.29, 0.717) is 11.3 Å². The molecule has 0 N–H and O–H groups in total. The average molecular weight is 394 g/mol. The first-order chi connectivity index (χ1) is 14.1. The molecule has 1 aliphatic carbocycles. The Bertz CT molecular complexity index is 1080. The van der Waals surface area contributed by atoms with Gasteiger partial charge >= 0.3 is 0 Å². The summed E-state index contributed by atoms with van der Waals surface area (Å²) in [5.41, 5.74) is 1.89. The average Bonchev–Trinajstić information content (AvgIpc) is 3.47. The van der Waals surface area contributed by atoms with Crippen molar-refractivity contribution >= 4 is 16.6 Å². The lowest BCUT2D eigenvalue weighted by molar-refractivity contribution is 0.240. The fourth-order valence-electron chi connectivity index (χ4n) is 3.88. The highest BCUT2D eigenvalue weighted by Crippen LogP contribution is 2.38. The molecular weight excluding hydrogens is 368 g/mol. The molecule has 8 nitrogen and oxygen atoms in total. The van der Waals surface area contributed by atoms with Gasteiger partial charge in [-0.25, -0.2) is 4.98 Å². The predicted octanol–water partition coefficient (Wildman–Crippen LogP) is 2.56. The Morgan fingerprint density at radius 2 is 1.97 bits per heavy atom. The highest BCUT2D eigenvalue weighted by atomic mass is 16.5. The summed E-state index contributed by atoms with van der Waals surface area (Å²) in [7, 11) is 0. The minimum Gasteiger partial charge on any atom is -0.369 e. The summed E-state index contributed by atoms with van der Waals surface area (Å²) in [4.78, 5) is 26.4. The minimum absolute atomic E-state index is 0.0204. The van der Waals surface area contributed by atoms with Crippen LogP contribution in [0.25, 0.3) is 10.9 Å². The van der Waals surface area contributed by atoms with Crippen LogP contribution in [0.4, 0.5) is 5.69 Å². The van der Waals surface area contributed by atoms with Crippen LogP contribution in [0.1, 0.15) is 50.4 Å². The molecule has 5 rings (SSSR count). The van der Waals surface area contributed by atoms with Gasteiger partial charge in [0.25, 0.3) is 5.56 Å². The molecule has 1 aliphatic heterocycles. The van der Waals surface area contributed by atoms with Crippen molar-refractivity contribution in [2.24, 2.45) is 0 Å². The number of hydrogen-bond donors (Lipinski definition) is 0. The highest BCUT2D eigenvalue weighted by molar-refractivity contribution is 5.81. The first-order valence-electron chi connectivity index (χ1n) is 10.4. The molecule has 0 spiro atoms. The van der Waals surface area contributed by atoms with Crippen LogP contribution in [0.2, 0.25) is 0 Å². The molecule has 2 fully saturated rings. The van der Waals surface area contributed by atoms with E-state index in [4.69, 9.17) is 4.52 Å². The van der Waals surface area contributed by atoms with Crippen LogP contribution in [0.5, 0.6) is 0 Å². The third-order valence-electron chi connectivity index (χ3n) is 5.84. The number of benzene rings is 1. The van der Waals surface area contributed by atoms with Crippen molar-refractivity contribution in [2.75, 3.05) is 31.1 Å². The molecule has 2 aliphatic rings. The second-order valence-electron chi connectivity index (χ2n) is 8.34. The van der Waals surface area contributed by atoms with Gasteiger partial charge in [-0.3, -0.25) is 14.3 Å². The number of rotatable bonds is 5. The van der Waals surface area contributed by atoms with Crippen LogP contribution in [-0.4, -0.2) is 50.8 Å². The van der Waals surface area contributed by atoms with Crippen LogP contribution < -0.4 is 10.5 Å². The molecule has 152 valence electrons. The number of anilines is 1. The van der Waals surface area contributed by atoms with Crippen molar-refractivity contribution < 1.29 is 4.52 Å². The van der Waals surface area contributed by atoms with Crippen LogP contribution in [-0.2, 0) is 6.54 Å². The molecule has 2 aromatic heterocycles. The highest BCUT2D eigenvalue weighted by Gasteiger charge is 2.30. The van der Waals surface area contributed by atoms with Gasteiger partial charge in [-0.2, -0.15) is 4.98 Å². The Morgan fingerprint density at radius 3 is 2.69 bits per heavy atom. The van der Waals surface area contributed by atoms with E-state index < -0.39 is 0 Å². The monoisotopic (exact) mass is 394 g/mol. The van der Waals surface area contributed by atoms with E-state index >= 15 is 0 Å². The van der Waals surface area contributed by atoms with Gasteiger partial charge in [0.05, 0.1) is 23.8 Å². The Hall–Kier alpha value is -2.74. The summed E-state index contributed by atoms with van der Waals surface area (Å²) < 4.78 is 7.04. The van der Waals surface area contributed by atoms with E-state index in [9.17, 15) is 4.79 Å². The fourth-order valence-corrected chi connectivity index (χ4v) is 3.88. The maximum Gasteiger partial charge on any atom is 0.261 e. The fraction of sp³-hybridized carbons (Fsp3) is 0.524. The molecule has 0 atom stereocenters. The van der Waals surface area contributed by atoms with E-state index in [1.54, 1.807) is 10.9 Å². The van der Waals surface area contributed by atoms with Crippen LogP contribution in [0, 0.1) is 0 Å². The van der Waals surface area contributed by atoms with Crippen LogP contribution in [0.15, 0.2) is 33.8 Å². The molecule has 8 heteroatoms. The molecule has 0 unspecified atom stereocenters. The topological polar surface area (TPSA) is 80.3 Å². The third-order valence-corrected chi connectivity index (χ3v) is 5.84. The maximum absolute atomic E-state index is 12.6. The smallest absolute Gasteiger partial charge is 0.261 e. The minimum atomic E-state index is 0.0204. The lowest BCUT2D eigenvalue weighted by atomic mass is 10.2. The normalized spacial score (nSPS) is 18.1. The largest absolute Gasteiger partial charge is 0.369 e. The van der Waals surface area contributed by atoms with Crippen molar-refractivity contribution in [2.45, 2.75) is 45.2 Å². The van der Waals surface area contributed by atoms with Crippen molar-refractivity contribution in [3.63, 3.8) is 0 Å². The molecule has 1 saturated heterocycles. The summed E-state index contributed by atoms with van der Waals surface area (Å²) in [5, 5.41) is 4.80. The first-order valence-corrected chi connectivity index (χ1v) is 10.4. The van der Waals surface area contributed by atoms with E-state index in [2.05, 4.69) is 24.9 Å². The van der Waals surface area contributed by atoms with Crippen molar-refractivity contribution in [3.05, 3.63) is 46.6 Å². The zero-order chi connectivity index (χ0) is 20.0. The number of fused-ring (bicyclic) bond motifs is 1. The van der Waals surface area contributed by atoms with Gasteiger partial charge in [0, 0.05) is 43.8 Å². The van der Waals surface area contributed by atoms with Crippen LogP contribution in [0.3, 0.4) is 0 Å². The lowest BCUT2D eigenvalue weighted by Crippen LogP contribution is -2.46. The molecule has 3 heterocycles. The Balaban J connectivity index is 1.25. The zero-order valence-electron chi connectivity index (χ0n) is 16.9. The lowest BCUT2D eigenvalue weighted by Gasteiger charge is -2.35. The van der Waals surface area contributed by atoms with Gasteiger partial charge in [-0.15, -0.1) is 0 Å². The first kappa shape index (κ1) is 18.3. The van der Waals surface area contributed by atoms with Crippen molar-refractivity contribution in [3.8, 4) is 0 Å². The summed E-state index contributed by atoms with van der Waals surface area (Å²) in [6.45, 7) is 8.43. The van der Waals surface area contributed by atoms with E-state index in [-0.39, 0.29) is 11.6 Å². The summed E-state index contributed by atoms with van der Waals surface area (Å²) in [5.74, 6) is 2.09. The maximum atomic E-state index is 12.6. The molecule has 0 bridgehead atoms. The predicted molar refractivity (Wildman–Crippen MR) is 110 cm³/mol. The molecule has 29 heavy (non-hydrogen) atoms. The molecule has 0 amide bonds. The Morgan fingerprint density at radius 1 is 1.17 bits per heavy atom. The van der Waals surface area contributed by atoms with Gasteiger partial charge in [0.1, 0.15) is 0 Å². The molecule has 3 aromatic rings. The standard InChI is InChI=1S/C21H26N6O2/c1-14(2)27-13-22-18-11-16(5-6-17(18)21(27)28)26-9-7-25(8-10-26)12-19-23-20(29-24-19)15-3-4-15/h5-6,11,13-15H,3-4,7-10,12H2,1-2H3. The number of hydrogen-bond acceptors (Lipinski definition) is 7. The van der Waals surface area contributed by atoms with Gasteiger partial charge in [0.2, 0.25) is 5.89 Å². The van der Waals surface area contributed by atoms with E-state index in [1.165, 1.54) is 12.8 Å². The van der Waals surface area contributed by atoms with Gasteiger partial charge in [0.15, 0.2) is 5.82 Å². The molecule has 1 aromatic carbocycles. The number of piperazine rings is 1. The molecular formula is C21H26N6O2. The van der Waals surface area contributed by atoms with Gasteiger partial charge in [-0.1, -0.05) is 5.16 Å². The Labute approximate surface area is 169 Å². The second-order valence-corrected chi connectivity index (χ2v) is 8.34. The van der Waals surface area contributed by atoms with Gasteiger partial charge in [-0.05, 0) is 44.9 Å². The summed E-state index contributed by atoms with van der Waals surface area (Å²) >= 11 is 0. The van der Waals surface area contributed by atoms with Crippen molar-refractivity contribution in [1.29, 1.82) is 0 Å². The third kappa shape index (κ3) is 3.64. The van der Waals surface area contributed by atoms with Gasteiger partial charge < -0.3 is 9.42 Å². The number of aromatic nitrogens is 4. The second kappa shape index (κ2) is 7.26. The van der Waals surface area contributed by atoms with Crippen LogP contribution >= 0.6 is 0 Å². The SMILES string of the molecule is CC(C)n1cnc2cc(N3CCN(Cc4noc(C5CC5)n4)CC3)ccc2c1=O. The quantitative estimate of drug-likeness (QED) is 0.658. The summed E-state index contributed by atoms with van der Waals surface area (Å²) in [6.07, 6.45) is 4.00.